The molecule has 0 spiro atoms. The van der Waals surface area contributed by atoms with E-state index in [9.17, 15) is 4.79 Å². The van der Waals surface area contributed by atoms with Gasteiger partial charge in [-0.2, -0.15) is 0 Å². The second-order valence-corrected chi connectivity index (χ2v) is 2.39. The molecule has 6 heteroatoms. The van der Waals surface area contributed by atoms with Crippen LogP contribution in [0.5, 0.6) is 0 Å². The van der Waals surface area contributed by atoms with Crippen molar-refractivity contribution in [3.05, 3.63) is 28.7 Å². The molecule has 0 fully saturated rings. The molecule has 13 heavy (non-hydrogen) atoms. The average Bonchev–Trinajstić information content (AvgIpc) is 2.53. The van der Waals surface area contributed by atoms with Gasteiger partial charge >= 0.3 is 6.01 Å². The number of hydrogen-bond donors (Lipinski definition) is 2. The molecule has 0 aliphatic rings. The number of nitrogens with zero attached hydrogens (tertiary/aromatic N) is 2. The highest BCUT2D eigenvalue weighted by Crippen LogP contribution is 2.15. The van der Waals surface area contributed by atoms with E-state index in [0.717, 1.165) is 0 Å². The van der Waals surface area contributed by atoms with E-state index in [2.05, 4.69) is 15.2 Å². The zero-order valence-corrected chi connectivity index (χ0v) is 6.52. The molecular weight excluding hydrogens is 172 g/mol. The summed E-state index contributed by atoms with van der Waals surface area (Å²) in [7, 11) is 0. The Morgan fingerprint density at radius 2 is 2.23 bits per heavy atom. The van der Waals surface area contributed by atoms with Gasteiger partial charge in [-0.3, -0.25) is 4.79 Å². The molecule has 0 aliphatic carbocycles. The number of nitrogens with one attached hydrogen (secondary N) is 1. The maximum atomic E-state index is 10.7. The summed E-state index contributed by atoms with van der Waals surface area (Å²) >= 11 is 0. The molecule has 0 saturated carbocycles. The molecule has 2 rings (SSSR count). The van der Waals surface area contributed by atoms with Gasteiger partial charge in [0.05, 0.1) is 5.56 Å². The fraction of sp³-hybridized carbons (Fsp3) is 0. The Balaban J connectivity index is 2.47. The second kappa shape index (κ2) is 2.74. The number of aromatic nitrogens is 3. The monoisotopic (exact) mass is 178 g/mol. The van der Waals surface area contributed by atoms with Crippen LogP contribution in [0.1, 0.15) is 0 Å². The van der Waals surface area contributed by atoms with Gasteiger partial charge in [0.2, 0.25) is 5.56 Å². The molecule has 0 unspecified atom stereocenters. The summed E-state index contributed by atoms with van der Waals surface area (Å²) in [6.45, 7) is 0. The van der Waals surface area contributed by atoms with E-state index in [-0.39, 0.29) is 17.5 Å². The van der Waals surface area contributed by atoms with Gasteiger partial charge in [0, 0.05) is 12.3 Å². The Morgan fingerprint density at radius 3 is 2.77 bits per heavy atom. The first-order valence-electron chi connectivity index (χ1n) is 3.54. The van der Waals surface area contributed by atoms with Crippen molar-refractivity contribution in [3.63, 3.8) is 0 Å². The highest BCUT2D eigenvalue weighted by atomic mass is 16.4. The van der Waals surface area contributed by atoms with Crippen molar-refractivity contribution in [1.29, 1.82) is 0 Å². The normalized spacial score (nSPS) is 10.2. The molecule has 0 aliphatic heterocycles. The number of nitrogen functional groups attached to an aromatic ring is 1. The summed E-state index contributed by atoms with van der Waals surface area (Å²) in [6.07, 6.45) is 1.48. The molecule has 66 valence electrons. The van der Waals surface area contributed by atoms with Gasteiger partial charge in [-0.05, 0) is 6.07 Å². The van der Waals surface area contributed by atoms with Gasteiger partial charge in [-0.25, -0.2) is 0 Å². The first kappa shape index (κ1) is 7.53. The van der Waals surface area contributed by atoms with Gasteiger partial charge in [-0.1, -0.05) is 5.10 Å². The molecule has 3 N–H and O–H groups in total. The molecule has 6 nitrogen and oxygen atoms in total. The quantitative estimate of drug-likeness (QED) is 0.640. The number of rotatable bonds is 1. The highest BCUT2D eigenvalue weighted by Gasteiger charge is 2.04. The minimum Gasteiger partial charge on any atom is -0.404 e. The first-order valence-corrected chi connectivity index (χ1v) is 3.54. The zero-order valence-electron chi connectivity index (χ0n) is 6.52. The molecule has 2 heterocycles. The van der Waals surface area contributed by atoms with Crippen molar-refractivity contribution in [2.45, 2.75) is 0 Å². The van der Waals surface area contributed by atoms with Crippen LogP contribution in [0.3, 0.4) is 0 Å². The van der Waals surface area contributed by atoms with Crippen molar-refractivity contribution in [1.82, 2.24) is 15.2 Å². The summed E-state index contributed by atoms with van der Waals surface area (Å²) in [6, 6.07) is 2.95. The van der Waals surface area contributed by atoms with Gasteiger partial charge < -0.3 is 15.1 Å². The van der Waals surface area contributed by atoms with E-state index in [4.69, 9.17) is 10.2 Å². The molecule has 0 saturated heterocycles. The van der Waals surface area contributed by atoms with Crippen LogP contribution in [0, 0.1) is 0 Å². The number of aromatic amines is 1. The summed E-state index contributed by atoms with van der Waals surface area (Å²) in [4.78, 5) is 13.2. The lowest BCUT2D eigenvalue weighted by Crippen LogP contribution is -2.01. The summed E-state index contributed by atoms with van der Waals surface area (Å²) in [5.41, 5.74) is 5.68. The lowest BCUT2D eigenvalue weighted by atomic mass is 10.3. The zero-order chi connectivity index (χ0) is 9.26. The molecule has 0 aromatic carbocycles. The lowest BCUT2D eigenvalue weighted by molar-refractivity contribution is 0.590. The number of anilines is 1. The van der Waals surface area contributed by atoms with Gasteiger partial charge in [0.25, 0.3) is 5.89 Å². The lowest BCUT2D eigenvalue weighted by Gasteiger charge is -1.90. The van der Waals surface area contributed by atoms with Crippen LogP contribution in [-0.4, -0.2) is 15.2 Å². The average molecular weight is 178 g/mol. The smallest absolute Gasteiger partial charge is 0.313 e. The van der Waals surface area contributed by atoms with Crippen molar-refractivity contribution in [2.24, 2.45) is 0 Å². The van der Waals surface area contributed by atoms with Gasteiger partial charge in [-0.15, -0.1) is 5.10 Å². The molecule has 2 aromatic heterocycles. The third-order valence-corrected chi connectivity index (χ3v) is 1.47. The Morgan fingerprint density at radius 1 is 1.38 bits per heavy atom. The molecular formula is C7H6N4O2. The number of nitrogens with two attached hydrogens (primary N) is 1. The van der Waals surface area contributed by atoms with E-state index >= 15 is 0 Å². The van der Waals surface area contributed by atoms with E-state index in [1.165, 1.54) is 12.3 Å². The summed E-state index contributed by atoms with van der Waals surface area (Å²) in [5, 5.41) is 7.14. The van der Waals surface area contributed by atoms with Crippen molar-refractivity contribution < 1.29 is 4.42 Å². The van der Waals surface area contributed by atoms with Crippen LogP contribution >= 0.6 is 0 Å². The minimum absolute atomic E-state index is 0.00111. The van der Waals surface area contributed by atoms with Crippen LogP contribution in [0.15, 0.2) is 27.5 Å². The van der Waals surface area contributed by atoms with E-state index in [1.807, 2.05) is 0 Å². The number of pyridine rings is 1. The fourth-order valence-corrected chi connectivity index (χ4v) is 0.895. The van der Waals surface area contributed by atoms with Crippen molar-refractivity contribution in [3.8, 4) is 11.5 Å². The second-order valence-electron chi connectivity index (χ2n) is 2.39. The van der Waals surface area contributed by atoms with Crippen LogP contribution in [0.2, 0.25) is 0 Å². The SMILES string of the molecule is Nc1nnc(-c2ccc(=O)[nH]c2)o1. The third kappa shape index (κ3) is 1.41. The molecule has 0 amide bonds. The van der Waals surface area contributed by atoms with Crippen molar-refractivity contribution >= 4 is 6.01 Å². The van der Waals surface area contributed by atoms with Crippen molar-refractivity contribution in [2.75, 3.05) is 5.73 Å². The van der Waals surface area contributed by atoms with E-state index in [0.29, 0.717) is 5.56 Å². The molecule has 0 bridgehead atoms. The predicted molar refractivity (Wildman–Crippen MR) is 44.8 cm³/mol. The summed E-state index contributed by atoms with van der Waals surface area (Å²) < 4.78 is 4.94. The van der Waals surface area contributed by atoms with Crippen LogP contribution in [0.4, 0.5) is 6.01 Å². The van der Waals surface area contributed by atoms with Crippen LogP contribution < -0.4 is 11.3 Å². The third-order valence-electron chi connectivity index (χ3n) is 1.47. The molecule has 0 atom stereocenters. The highest BCUT2D eigenvalue weighted by molar-refractivity contribution is 5.50. The fourth-order valence-electron chi connectivity index (χ4n) is 0.895. The molecule has 0 radical (unpaired) electrons. The Bertz CT molecular complexity index is 453. The maximum absolute atomic E-state index is 10.7. The maximum Gasteiger partial charge on any atom is 0.313 e. The Kier molecular flexibility index (Phi) is 1.59. The van der Waals surface area contributed by atoms with Crippen LogP contribution in [-0.2, 0) is 0 Å². The predicted octanol–water partition coefficient (Wildman–Crippen LogP) is 0.00710. The largest absolute Gasteiger partial charge is 0.404 e. The molecule has 2 aromatic rings. The topological polar surface area (TPSA) is 97.8 Å². The van der Waals surface area contributed by atoms with E-state index < -0.39 is 0 Å². The Hall–Kier alpha value is -2.11. The standard InChI is InChI=1S/C7H6N4O2/c8-7-11-10-6(13-7)4-1-2-5(12)9-3-4/h1-3H,(H2,8,11)(H,9,12). The van der Waals surface area contributed by atoms with Crippen LogP contribution in [0.25, 0.3) is 11.5 Å². The minimum atomic E-state index is -0.184. The number of hydrogen-bond acceptors (Lipinski definition) is 5. The number of H-pyrrole nitrogens is 1. The van der Waals surface area contributed by atoms with E-state index in [1.54, 1.807) is 6.07 Å². The first-order chi connectivity index (χ1) is 6.25. The summed E-state index contributed by atoms with van der Waals surface area (Å²) in [5.74, 6) is 0.286. The van der Waals surface area contributed by atoms with Gasteiger partial charge in [0.15, 0.2) is 0 Å². The van der Waals surface area contributed by atoms with Gasteiger partial charge in [0.1, 0.15) is 0 Å². The Labute approximate surface area is 72.4 Å².